The van der Waals surface area contributed by atoms with Gasteiger partial charge in [0.25, 0.3) is 5.91 Å². The van der Waals surface area contributed by atoms with Crippen LogP contribution in [0.5, 0.6) is 0 Å². The van der Waals surface area contributed by atoms with Crippen LogP contribution >= 0.6 is 11.6 Å². The summed E-state index contributed by atoms with van der Waals surface area (Å²) in [5, 5.41) is 16.7. The van der Waals surface area contributed by atoms with E-state index in [9.17, 15) is 14.9 Å². The van der Waals surface area contributed by atoms with Crippen molar-refractivity contribution in [2.75, 3.05) is 20.1 Å². The highest BCUT2D eigenvalue weighted by Crippen LogP contribution is 2.30. The zero-order valence-electron chi connectivity index (χ0n) is 17.6. The van der Waals surface area contributed by atoms with Crippen LogP contribution in [0.2, 0.25) is 5.02 Å². The Labute approximate surface area is 184 Å². The molecule has 1 aromatic rings. The van der Waals surface area contributed by atoms with E-state index in [0.717, 1.165) is 12.8 Å². The monoisotopic (exact) mass is 430 g/mol. The number of nitriles is 1. The normalized spacial score (nSPS) is 20.0. The Morgan fingerprint density at radius 3 is 2.47 bits per heavy atom. The van der Waals surface area contributed by atoms with Crippen molar-refractivity contribution in [2.24, 2.45) is 5.92 Å². The molecule has 2 aliphatic rings. The van der Waals surface area contributed by atoms with Gasteiger partial charge in [0.2, 0.25) is 5.91 Å². The topological polar surface area (TPSA) is 85.2 Å². The lowest BCUT2D eigenvalue weighted by atomic mass is 9.83. The van der Waals surface area contributed by atoms with E-state index in [4.69, 9.17) is 11.6 Å². The average Bonchev–Trinajstić information content (AvgIpc) is 2.79. The first-order chi connectivity index (χ1) is 14.4. The van der Waals surface area contributed by atoms with Crippen molar-refractivity contribution in [1.82, 2.24) is 15.5 Å². The third-order valence-electron chi connectivity index (χ3n) is 6.62. The first kappa shape index (κ1) is 22.6. The molecule has 0 aromatic heterocycles. The van der Waals surface area contributed by atoms with Crippen LogP contribution in [-0.2, 0) is 4.79 Å². The molecule has 6 nitrogen and oxygen atoms in total. The summed E-state index contributed by atoms with van der Waals surface area (Å²) in [5.74, 6) is -0.0467. The summed E-state index contributed by atoms with van der Waals surface area (Å²) in [6, 6.07) is 8.40. The number of hydrogen-bond acceptors (Lipinski definition) is 4. The molecule has 1 saturated heterocycles. The quantitative estimate of drug-likeness (QED) is 0.723. The lowest BCUT2D eigenvalue weighted by Crippen LogP contribution is -2.59. The maximum atomic E-state index is 13.5. The molecule has 0 bridgehead atoms. The third-order valence-corrected chi connectivity index (χ3v) is 6.87. The first-order valence-electron chi connectivity index (χ1n) is 10.9. The Morgan fingerprint density at radius 1 is 1.23 bits per heavy atom. The minimum atomic E-state index is -0.821. The Morgan fingerprint density at radius 2 is 1.87 bits per heavy atom. The first-order valence-corrected chi connectivity index (χ1v) is 11.3. The van der Waals surface area contributed by atoms with E-state index in [1.807, 2.05) is 0 Å². The molecule has 1 aliphatic heterocycles. The van der Waals surface area contributed by atoms with Crippen LogP contribution in [0, 0.1) is 17.2 Å². The van der Waals surface area contributed by atoms with Crippen LogP contribution in [0.1, 0.15) is 61.7 Å². The van der Waals surface area contributed by atoms with E-state index < -0.39 is 11.6 Å². The van der Waals surface area contributed by atoms with Gasteiger partial charge in [0.1, 0.15) is 11.6 Å². The number of piperidine rings is 1. The number of benzene rings is 1. The molecule has 2 fully saturated rings. The van der Waals surface area contributed by atoms with Crippen molar-refractivity contribution in [3.63, 3.8) is 0 Å². The fourth-order valence-corrected chi connectivity index (χ4v) is 4.75. The van der Waals surface area contributed by atoms with E-state index in [1.54, 1.807) is 36.2 Å². The number of amides is 2. The minimum absolute atomic E-state index is 0.175. The molecule has 3 rings (SSSR count). The SMILES string of the molecule is CN(C(=O)C(CC1CCCCC1)NC(=O)c1ccc(Cl)cc1)C1(C#N)CCNCC1. The highest BCUT2D eigenvalue weighted by atomic mass is 35.5. The lowest BCUT2D eigenvalue weighted by molar-refractivity contribution is -0.137. The molecule has 30 heavy (non-hydrogen) atoms. The van der Waals surface area contributed by atoms with Gasteiger partial charge in [-0.05, 0) is 62.5 Å². The summed E-state index contributed by atoms with van der Waals surface area (Å²) < 4.78 is 0. The van der Waals surface area contributed by atoms with E-state index in [0.29, 0.717) is 48.9 Å². The Balaban J connectivity index is 1.78. The number of nitrogens with one attached hydrogen (secondary N) is 2. The Kier molecular flexibility index (Phi) is 7.74. The predicted octanol–water partition coefficient (Wildman–Crippen LogP) is 3.51. The maximum Gasteiger partial charge on any atom is 0.251 e. The van der Waals surface area contributed by atoms with Crippen LogP contribution in [0.15, 0.2) is 24.3 Å². The van der Waals surface area contributed by atoms with Gasteiger partial charge in [-0.2, -0.15) is 5.26 Å². The molecule has 1 unspecified atom stereocenters. The van der Waals surface area contributed by atoms with Crippen molar-refractivity contribution >= 4 is 23.4 Å². The summed E-state index contributed by atoms with van der Waals surface area (Å²) in [6.07, 6.45) is 7.52. The molecule has 7 heteroatoms. The highest BCUT2D eigenvalue weighted by Gasteiger charge is 2.41. The Hall–Kier alpha value is -2.10. The van der Waals surface area contributed by atoms with E-state index in [2.05, 4.69) is 16.7 Å². The summed E-state index contributed by atoms with van der Waals surface area (Å²) >= 11 is 5.93. The van der Waals surface area contributed by atoms with Crippen LogP contribution in [0.25, 0.3) is 0 Å². The second-order valence-electron chi connectivity index (χ2n) is 8.56. The van der Waals surface area contributed by atoms with Gasteiger partial charge in [0.05, 0.1) is 6.07 Å². The highest BCUT2D eigenvalue weighted by molar-refractivity contribution is 6.30. The number of rotatable bonds is 6. The second-order valence-corrected chi connectivity index (χ2v) is 9.00. The summed E-state index contributed by atoms with van der Waals surface area (Å²) in [6.45, 7) is 1.41. The van der Waals surface area contributed by atoms with Gasteiger partial charge in [0.15, 0.2) is 0 Å². The molecule has 1 atom stereocenters. The molecule has 162 valence electrons. The molecule has 0 radical (unpaired) electrons. The van der Waals surface area contributed by atoms with Crippen LogP contribution in [0.4, 0.5) is 0 Å². The van der Waals surface area contributed by atoms with E-state index in [1.165, 1.54) is 19.3 Å². The van der Waals surface area contributed by atoms with Gasteiger partial charge < -0.3 is 15.5 Å². The van der Waals surface area contributed by atoms with Gasteiger partial charge in [0, 0.05) is 17.6 Å². The molecule has 2 N–H and O–H groups in total. The molecule has 2 amide bonds. The third kappa shape index (κ3) is 5.33. The van der Waals surface area contributed by atoms with Crippen molar-refractivity contribution in [3.8, 4) is 6.07 Å². The number of likely N-dealkylation sites (N-methyl/N-ethyl adjacent to an activating group) is 1. The largest absolute Gasteiger partial charge is 0.340 e. The fourth-order valence-electron chi connectivity index (χ4n) is 4.63. The molecule has 1 heterocycles. The number of carbonyl (C=O) groups is 2. The van der Waals surface area contributed by atoms with Gasteiger partial charge in [-0.1, -0.05) is 43.7 Å². The number of carbonyl (C=O) groups excluding carboxylic acids is 2. The molecular formula is C23H31ClN4O2. The van der Waals surface area contributed by atoms with Gasteiger partial charge in [-0.3, -0.25) is 9.59 Å². The predicted molar refractivity (Wildman–Crippen MR) is 117 cm³/mol. The lowest BCUT2D eigenvalue weighted by Gasteiger charge is -2.41. The smallest absolute Gasteiger partial charge is 0.251 e. The van der Waals surface area contributed by atoms with Crippen LogP contribution < -0.4 is 10.6 Å². The number of halogens is 1. The maximum absolute atomic E-state index is 13.5. The van der Waals surface area contributed by atoms with Crippen LogP contribution in [0.3, 0.4) is 0 Å². The fraction of sp³-hybridized carbons (Fsp3) is 0.609. The van der Waals surface area contributed by atoms with Crippen LogP contribution in [-0.4, -0.2) is 48.4 Å². The standard InChI is InChI=1S/C23H31ClN4O2/c1-28(23(16-25)11-13-26-14-12-23)22(30)20(15-17-5-3-2-4-6-17)27-21(29)18-7-9-19(24)10-8-18/h7-10,17,20,26H,2-6,11-15H2,1H3,(H,27,29). The zero-order valence-corrected chi connectivity index (χ0v) is 18.4. The van der Waals surface area contributed by atoms with Gasteiger partial charge in [-0.25, -0.2) is 0 Å². The van der Waals surface area contributed by atoms with Crippen molar-refractivity contribution < 1.29 is 9.59 Å². The summed E-state index contributed by atoms with van der Waals surface area (Å²) in [4.78, 5) is 28.0. The second kappa shape index (κ2) is 10.3. The van der Waals surface area contributed by atoms with E-state index >= 15 is 0 Å². The Bertz CT molecular complexity index is 777. The average molecular weight is 431 g/mol. The number of nitrogens with zero attached hydrogens (tertiary/aromatic N) is 2. The molecule has 0 spiro atoms. The zero-order chi connectivity index (χ0) is 21.6. The number of hydrogen-bond donors (Lipinski definition) is 2. The summed E-state index contributed by atoms with van der Waals surface area (Å²) in [7, 11) is 1.71. The molecule has 1 aromatic carbocycles. The van der Waals surface area contributed by atoms with Crippen molar-refractivity contribution in [2.45, 2.75) is 62.9 Å². The summed E-state index contributed by atoms with van der Waals surface area (Å²) in [5.41, 5.74) is -0.349. The van der Waals surface area contributed by atoms with Crippen molar-refractivity contribution in [3.05, 3.63) is 34.9 Å². The van der Waals surface area contributed by atoms with Gasteiger partial charge >= 0.3 is 0 Å². The molecule has 1 aliphatic carbocycles. The van der Waals surface area contributed by atoms with Gasteiger partial charge in [-0.15, -0.1) is 0 Å². The minimum Gasteiger partial charge on any atom is -0.340 e. The molecular weight excluding hydrogens is 400 g/mol. The molecule has 1 saturated carbocycles. The van der Waals surface area contributed by atoms with Crippen molar-refractivity contribution in [1.29, 1.82) is 5.26 Å². The van der Waals surface area contributed by atoms with E-state index in [-0.39, 0.29) is 11.8 Å².